The van der Waals surface area contributed by atoms with E-state index in [1.165, 1.54) is 0 Å². The molecule has 4 heteroatoms. The van der Waals surface area contributed by atoms with Gasteiger partial charge in [0.15, 0.2) is 0 Å². The summed E-state index contributed by atoms with van der Waals surface area (Å²) < 4.78 is 0. The van der Waals surface area contributed by atoms with Crippen molar-refractivity contribution < 1.29 is 4.79 Å². The van der Waals surface area contributed by atoms with Crippen molar-refractivity contribution in [2.75, 3.05) is 5.73 Å². The molecular formula is C10H9ClN2O. The van der Waals surface area contributed by atoms with Gasteiger partial charge in [0.25, 0.3) is 5.91 Å². The van der Waals surface area contributed by atoms with Gasteiger partial charge in [-0.05, 0) is 24.6 Å². The van der Waals surface area contributed by atoms with Crippen molar-refractivity contribution in [2.24, 2.45) is 5.73 Å². The van der Waals surface area contributed by atoms with E-state index in [0.717, 1.165) is 5.56 Å². The number of halogens is 1. The van der Waals surface area contributed by atoms with Gasteiger partial charge in [0.05, 0.1) is 5.02 Å². The highest BCUT2D eigenvalue weighted by Crippen LogP contribution is 2.21. The second-order valence-electron chi connectivity index (χ2n) is 2.80. The highest BCUT2D eigenvalue weighted by atomic mass is 35.5. The standard InChI is InChI=1S/C10H9ClN2O/c1-6-4-7(2-3-10(13)14)8(11)5-9(6)12/h4-5H,12H2,1H3,(H2,13,14). The molecule has 0 spiro atoms. The topological polar surface area (TPSA) is 69.1 Å². The van der Waals surface area contributed by atoms with Gasteiger partial charge in [-0.2, -0.15) is 0 Å². The van der Waals surface area contributed by atoms with Crippen LogP contribution in [-0.4, -0.2) is 5.91 Å². The van der Waals surface area contributed by atoms with E-state index in [1.807, 2.05) is 6.92 Å². The third kappa shape index (κ3) is 2.41. The van der Waals surface area contributed by atoms with Crippen LogP contribution in [0, 0.1) is 18.8 Å². The molecule has 0 bridgehead atoms. The molecule has 72 valence electrons. The molecule has 1 rings (SSSR count). The fourth-order valence-electron chi connectivity index (χ4n) is 0.922. The van der Waals surface area contributed by atoms with Crippen LogP contribution >= 0.6 is 11.6 Å². The van der Waals surface area contributed by atoms with Crippen molar-refractivity contribution in [2.45, 2.75) is 6.92 Å². The van der Waals surface area contributed by atoms with Crippen LogP contribution in [0.3, 0.4) is 0 Å². The number of anilines is 1. The molecule has 0 aromatic heterocycles. The van der Waals surface area contributed by atoms with Gasteiger partial charge in [0.1, 0.15) is 0 Å². The SMILES string of the molecule is Cc1cc(C#CC(N)=O)c(Cl)cc1N. The zero-order valence-electron chi connectivity index (χ0n) is 7.60. The third-order valence-corrected chi connectivity index (χ3v) is 1.99. The van der Waals surface area contributed by atoms with Crippen molar-refractivity contribution in [1.29, 1.82) is 0 Å². The minimum Gasteiger partial charge on any atom is -0.398 e. The Morgan fingerprint density at radius 3 is 2.71 bits per heavy atom. The molecule has 0 saturated carbocycles. The summed E-state index contributed by atoms with van der Waals surface area (Å²) in [6.45, 7) is 1.83. The van der Waals surface area contributed by atoms with E-state index in [-0.39, 0.29) is 0 Å². The number of primary amides is 1. The third-order valence-electron chi connectivity index (χ3n) is 1.68. The summed E-state index contributed by atoms with van der Waals surface area (Å²) in [5, 5.41) is 0.418. The maximum Gasteiger partial charge on any atom is 0.293 e. The summed E-state index contributed by atoms with van der Waals surface area (Å²) in [6.07, 6.45) is 0. The van der Waals surface area contributed by atoms with Crippen molar-refractivity contribution in [3.8, 4) is 11.8 Å². The quantitative estimate of drug-likeness (QED) is 0.495. The smallest absolute Gasteiger partial charge is 0.293 e. The van der Waals surface area contributed by atoms with Crippen LogP contribution < -0.4 is 11.5 Å². The lowest BCUT2D eigenvalue weighted by Gasteiger charge is -2.02. The molecule has 0 aliphatic carbocycles. The number of hydrogen-bond acceptors (Lipinski definition) is 2. The van der Waals surface area contributed by atoms with Gasteiger partial charge in [-0.15, -0.1) is 0 Å². The number of benzene rings is 1. The molecular weight excluding hydrogens is 200 g/mol. The Morgan fingerprint density at radius 1 is 1.50 bits per heavy atom. The van der Waals surface area contributed by atoms with E-state index < -0.39 is 5.91 Å². The van der Waals surface area contributed by atoms with Gasteiger partial charge in [-0.1, -0.05) is 17.5 Å². The van der Waals surface area contributed by atoms with Crippen LogP contribution in [0.4, 0.5) is 5.69 Å². The van der Waals surface area contributed by atoms with Crippen LogP contribution in [0.2, 0.25) is 5.02 Å². The van der Waals surface area contributed by atoms with E-state index in [1.54, 1.807) is 12.1 Å². The van der Waals surface area contributed by atoms with Crippen LogP contribution in [0.15, 0.2) is 12.1 Å². The van der Waals surface area contributed by atoms with Gasteiger partial charge in [0, 0.05) is 17.2 Å². The fourth-order valence-corrected chi connectivity index (χ4v) is 1.14. The largest absolute Gasteiger partial charge is 0.398 e. The number of hydrogen-bond donors (Lipinski definition) is 2. The van der Waals surface area contributed by atoms with E-state index in [4.69, 9.17) is 23.1 Å². The summed E-state index contributed by atoms with van der Waals surface area (Å²) in [5.74, 6) is 4.10. The Balaban J connectivity index is 3.18. The lowest BCUT2D eigenvalue weighted by atomic mass is 10.1. The molecule has 0 radical (unpaired) electrons. The average Bonchev–Trinajstić information content (AvgIpc) is 2.09. The minimum absolute atomic E-state index is 0.418. The van der Waals surface area contributed by atoms with E-state index in [2.05, 4.69) is 11.8 Å². The molecule has 3 nitrogen and oxygen atoms in total. The normalized spacial score (nSPS) is 9.00. The molecule has 1 amide bonds. The Hall–Kier alpha value is -1.66. The van der Waals surface area contributed by atoms with Crippen molar-refractivity contribution >= 4 is 23.2 Å². The zero-order chi connectivity index (χ0) is 10.7. The molecule has 1 aromatic rings. The first-order valence-electron chi connectivity index (χ1n) is 3.88. The fraction of sp³-hybridized carbons (Fsp3) is 0.100. The number of carbonyl (C=O) groups is 1. The van der Waals surface area contributed by atoms with Crippen molar-refractivity contribution in [3.63, 3.8) is 0 Å². The maximum absolute atomic E-state index is 10.4. The first-order chi connectivity index (χ1) is 6.50. The molecule has 4 N–H and O–H groups in total. The summed E-state index contributed by atoms with van der Waals surface area (Å²) in [7, 11) is 0. The predicted octanol–water partition coefficient (Wildman–Crippen LogP) is 1.07. The highest BCUT2D eigenvalue weighted by Gasteiger charge is 2.01. The molecule has 0 fully saturated rings. The Labute approximate surface area is 87.0 Å². The number of nitrogens with two attached hydrogens (primary N) is 2. The molecule has 1 aromatic carbocycles. The summed E-state index contributed by atoms with van der Waals surface area (Å²) in [5.41, 5.74) is 12.5. The molecule has 0 unspecified atom stereocenters. The zero-order valence-corrected chi connectivity index (χ0v) is 8.35. The van der Waals surface area contributed by atoms with Crippen molar-refractivity contribution in [3.05, 3.63) is 28.3 Å². The first kappa shape index (κ1) is 10.4. The minimum atomic E-state index is -0.685. The second kappa shape index (κ2) is 4.03. The summed E-state index contributed by atoms with van der Waals surface area (Å²) >= 11 is 5.85. The van der Waals surface area contributed by atoms with Crippen LogP contribution in [-0.2, 0) is 4.79 Å². The number of amides is 1. The number of rotatable bonds is 0. The van der Waals surface area contributed by atoms with Gasteiger partial charge in [0.2, 0.25) is 0 Å². The average molecular weight is 209 g/mol. The Bertz CT molecular complexity index is 443. The van der Waals surface area contributed by atoms with Gasteiger partial charge >= 0.3 is 0 Å². The summed E-state index contributed by atoms with van der Waals surface area (Å²) in [6, 6.07) is 3.31. The van der Waals surface area contributed by atoms with Gasteiger partial charge in [-0.3, -0.25) is 4.79 Å². The lowest BCUT2D eigenvalue weighted by Crippen LogP contribution is -2.06. The van der Waals surface area contributed by atoms with Crippen LogP contribution in [0.1, 0.15) is 11.1 Å². The Morgan fingerprint density at radius 2 is 2.14 bits per heavy atom. The van der Waals surface area contributed by atoms with E-state index in [9.17, 15) is 4.79 Å². The van der Waals surface area contributed by atoms with E-state index >= 15 is 0 Å². The second-order valence-corrected chi connectivity index (χ2v) is 3.21. The molecule has 0 heterocycles. The van der Waals surface area contributed by atoms with Gasteiger partial charge in [-0.25, -0.2) is 0 Å². The van der Waals surface area contributed by atoms with E-state index in [0.29, 0.717) is 16.3 Å². The van der Waals surface area contributed by atoms with Crippen LogP contribution in [0.25, 0.3) is 0 Å². The monoisotopic (exact) mass is 208 g/mol. The Kier molecular flexibility index (Phi) is 3.00. The summed E-state index contributed by atoms with van der Waals surface area (Å²) in [4.78, 5) is 10.4. The molecule has 0 atom stereocenters. The first-order valence-corrected chi connectivity index (χ1v) is 4.25. The number of carbonyl (C=O) groups excluding carboxylic acids is 1. The maximum atomic E-state index is 10.4. The molecule has 0 saturated heterocycles. The number of aryl methyl sites for hydroxylation is 1. The van der Waals surface area contributed by atoms with Gasteiger partial charge < -0.3 is 11.5 Å². The predicted molar refractivity (Wildman–Crippen MR) is 56.7 cm³/mol. The molecule has 14 heavy (non-hydrogen) atoms. The highest BCUT2D eigenvalue weighted by molar-refractivity contribution is 6.32. The van der Waals surface area contributed by atoms with Crippen molar-refractivity contribution in [1.82, 2.24) is 0 Å². The number of nitrogen functional groups attached to an aromatic ring is 1. The molecule has 0 aliphatic rings. The lowest BCUT2D eigenvalue weighted by molar-refractivity contribution is -0.112. The molecule has 0 aliphatic heterocycles. The van der Waals surface area contributed by atoms with Crippen LogP contribution in [0.5, 0.6) is 0 Å².